The minimum absolute atomic E-state index is 0.0221. The molecule has 0 amide bonds. The Labute approximate surface area is 193 Å². The summed E-state index contributed by atoms with van der Waals surface area (Å²) < 4.78 is 30.5. The van der Waals surface area contributed by atoms with Crippen molar-refractivity contribution in [2.75, 3.05) is 39.8 Å². The van der Waals surface area contributed by atoms with Crippen molar-refractivity contribution in [3.63, 3.8) is 0 Å². The number of thioether (sulfide) groups is 1. The summed E-state index contributed by atoms with van der Waals surface area (Å²) in [6, 6.07) is 0.486. The molecule has 178 valence electrons. The minimum atomic E-state index is -1.31. The first-order valence-corrected chi connectivity index (χ1v) is 12.6. The Morgan fingerprint density at radius 2 is 1.43 bits per heavy atom. The fourth-order valence-electron chi connectivity index (χ4n) is 2.16. The van der Waals surface area contributed by atoms with Crippen LogP contribution in [0.25, 0.3) is 0 Å². The molecule has 0 spiro atoms. The third-order valence-electron chi connectivity index (χ3n) is 4.29. The van der Waals surface area contributed by atoms with E-state index >= 15 is 0 Å². The summed E-state index contributed by atoms with van der Waals surface area (Å²) in [5, 5.41) is 0.366. The van der Waals surface area contributed by atoms with Crippen LogP contribution in [0, 0.1) is 0 Å². The molecule has 0 unspecified atom stereocenters. The molecule has 0 aromatic rings. The Kier molecular flexibility index (Phi) is 14.4. The zero-order valence-electron chi connectivity index (χ0n) is 20.1. The van der Waals surface area contributed by atoms with Gasteiger partial charge in [0, 0.05) is 32.1 Å². The Hall–Kier alpha value is 0.140. The fraction of sp³-hybridized carbons (Fsp3) is 0.900. The molecule has 30 heavy (non-hydrogen) atoms. The van der Waals surface area contributed by atoms with E-state index < -0.39 is 19.7 Å². The van der Waals surface area contributed by atoms with Crippen molar-refractivity contribution in [3.8, 4) is 0 Å². The highest BCUT2D eigenvalue weighted by atomic mass is 32.2. The zero-order valence-corrected chi connectivity index (χ0v) is 22.7. The van der Waals surface area contributed by atoms with Crippen molar-refractivity contribution in [3.05, 3.63) is 0 Å². The molecule has 0 N–H and O–H groups in total. The number of carbonyl (C=O) groups excluding carboxylic acids is 1. The standard InChI is InChI=1S/C20H40NO6PS2/c1-15(2)21(16(3)4)28(26-12-11-25-18(29)20(7,8)24-10)27-13-14-30-17(22)19(5,6)23-9/h15-16H,11-14H2,1-10H3/t28-/m0/s1. The van der Waals surface area contributed by atoms with Gasteiger partial charge in [-0.25, -0.2) is 4.67 Å². The van der Waals surface area contributed by atoms with Crippen molar-refractivity contribution < 1.29 is 28.1 Å². The van der Waals surface area contributed by atoms with Crippen LogP contribution >= 0.6 is 32.5 Å². The largest absolute Gasteiger partial charge is 0.482 e. The van der Waals surface area contributed by atoms with E-state index in [4.69, 9.17) is 35.5 Å². The van der Waals surface area contributed by atoms with Gasteiger partial charge in [0.15, 0.2) is 5.05 Å². The molecule has 10 heteroatoms. The second kappa shape index (κ2) is 14.3. The second-order valence-electron chi connectivity index (χ2n) is 8.17. The lowest BCUT2D eigenvalue weighted by atomic mass is 10.1. The maximum absolute atomic E-state index is 12.2. The molecule has 1 atom stereocenters. The second-order valence-corrected chi connectivity index (χ2v) is 11.1. The van der Waals surface area contributed by atoms with E-state index in [9.17, 15) is 4.79 Å². The van der Waals surface area contributed by atoms with E-state index in [0.29, 0.717) is 30.6 Å². The van der Waals surface area contributed by atoms with Crippen LogP contribution in [0.5, 0.6) is 0 Å². The summed E-state index contributed by atoms with van der Waals surface area (Å²) in [5.41, 5.74) is -1.43. The minimum Gasteiger partial charge on any atom is -0.482 e. The molecule has 0 aliphatic rings. The van der Waals surface area contributed by atoms with Crippen LogP contribution in [0.3, 0.4) is 0 Å². The number of carbonyl (C=O) groups is 1. The van der Waals surface area contributed by atoms with Gasteiger partial charge in [0.2, 0.25) is 5.12 Å². The summed E-state index contributed by atoms with van der Waals surface area (Å²) >= 11 is 6.48. The van der Waals surface area contributed by atoms with Gasteiger partial charge in [-0.15, -0.1) is 0 Å². The number of rotatable bonds is 15. The molecule has 0 saturated heterocycles. The van der Waals surface area contributed by atoms with E-state index in [1.165, 1.54) is 18.9 Å². The van der Waals surface area contributed by atoms with E-state index in [1.54, 1.807) is 21.0 Å². The van der Waals surface area contributed by atoms with E-state index in [-0.39, 0.29) is 17.2 Å². The summed E-state index contributed by atoms with van der Waals surface area (Å²) in [6.07, 6.45) is 0. The van der Waals surface area contributed by atoms with Gasteiger partial charge < -0.3 is 23.3 Å². The molecular weight excluding hydrogens is 445 g/mol. The van der Waals surface area contributed by atoms with Gasteiger partial charge in [-0.2, -0.15) is 0 Å². The number of hydrogen-bond donors (Lipinski definition) is 0. The molecule has 7 nitrogen and oxygen atoms in total. The van der Waals surface area contributed by atoms with E-state index in [0.717, 1.165) is 0 Å². The highest BCUT2D eigenvalue weighted by Crippen LogP contribution is 2.45. The first-order valence-electron chi connectivity index (χ1n) is 10.1. The third kappa shape index (κ3) is 10.6. The fourth-order valence-corrected chi connectivity index (χ4v) is 4.80. The molecule has 0 heterocycles. The Morgan fingerprint density at radius 3 is 1.90 bits per heavy atom. The predicted molar refractivity (Wildman–Crippen MR) is 129 cm³/mol. The van der Waals surface area contributed by atoms with Crippen LogP contribution in [-0.4, -0.2) is 77.9 Å². The van der Waals surface area contributed by atoms with Crippen molar-refractivity contribution in [2.45, 2.75) is 78.7 Å². The Balaban J connectivity index is 4.74. The molecule has 0 bridgehead atoms. The van der Waals surface area contributed by atoms with Crippen molar-refractivity contribution in [2.24, 2.45) is 0 Å². The first-order chi connectivity index (χ1) is 13.8. The number of ether oxygens (including phenoxy) is 3. The quantitative estimate of drug-likeness (QED) is 0.184. The molecule has 0 aliphatic heterocycles. The summed E-state index contributed by atoms with van der Waals surface area (Å²) in [5.74, 6) is 0.528. The average Bonchev–Trinajstić information content (AvgIpc) is 2.66. The molecule has 0 radical (unpaired) electrons. The third-order valence-corrected chi connectivity index (χ3v) is 8.13. The number of hydrogen-bond acceptors (Lipinski definition) is 9. The zero-order chi connectivity index (χ0) is 23.5. The number of nitrogens with zero attached hydrogens (tertiary/aromatic N) is 1. The molecule has 0 saturated carbocycles. The van der Waals surface area contributed by atoms with Gasteiger partial charge >= 0.3 is 0 Å². The predicted octanol–water partition coefficient (Wildman–Crippen LogP) is 4.82. The topological polar surface area (TPSA) is 66.5 Å². The molecule has 0 fully saturated rings. The van der Waals surface area contributed by atoms with Crippen LogP contribution < -0.4 is 0 Å². The molecular formula is C20H40NO6PS2. The van der Waals surface area contributed by atoms with Crippen LogP contribution in [-0.2, 0) is 28.1 Å². The normalized spacial score (nSPS) is 13.9. The molecule has 0 rings (SSSR count). The van der Waals surface area contributed by atoms with Crippen molar-refractivity contribution in [1.29, 1.82) is 0 Å². The van der Waals surface area contributed by atoms with Crippen molar-refractivity contribution >= 4 is 42.7 Å². The van der Waals surface area contributed by atoms with Gasteiger partial charge in [0.1, 0.15) is 17.8 Å². The first kappa shape index (κ1) is 30.1. The average molecular weight is 486 g/mol. The summed E-state index contributed by atoms with van der Waals surface area (Å²) in [6.45, 7) is 16.7. The molecule has 0 aromatic carbocycles. The van der Waals surface area contributed by atoms with Gasteiger partial charge in [-0.1, -0.05) is 11.8 Å². The van der Waals surface area contributed by atoms with E-state index in [1.807, 2.05) is 13.8 Å². The van der Waals surface area contributed by atoms with Crippen LogP contribution in [0.1, 0.15) is 55.4 Å². The molecule has 0 aromatic heterocycles. The van der Waals surface area contributed by atoms with Gasteiger partial charge in [-0.05, 0) is 67.6 Å². The Morgan fingerprint density at radius 1 is 0.933 bits per heavy atom. The lowest BCUT2D eigenvalue weighted by Gasteiger charge is -2.35. The number of methoxy groups -OCH3 is 2. The van der Waals surface area contributed by atoms with E-state index in [2.05, 4.69) is 32.4 Å². The summed E-state index contributed by atoms with van der Waals surface area (Å²) in [4.78, 5) is 12.2. The Bertz CT molecular complexity index is 487. The van der Waals surface area contributed by atoms with Gasteiger partial charge in [0.25, 0.3) is 8.53 Å². The smallest absolute Gasteiger partial charge is 0.259 e. The SMILES string of the molecule is COC(C)(C)C(=O)SCCO[P@](OCCOC(=S)C(C)(C)OC)N(C(C)C)C(C)C. The highest BCUT2D eigenvalue weighted by molar-refractivity contribution is 8.13. The van der Waals surface area contributed by atoms with Crippen LogP contribution in [0.4, 0.5) is 0 Å². The summed E-state index contributed by atoms with van der Waals surface area (Å²) in [7, 11) is 1.83. The van der Waals surface area contributed by atoms with Crippen molar-refractivity contribution in [1.82, 2.24) is 4.67 Å². The lowest BCUT2D eigenvalue weighted by Crippen LogP contribution is -2.35. The maximum Gasteiger partial charge on any atom is 0.259 e. The monoisotopic (exact) mass is 485 g/mol. The van der Waals surface area contributed by atoms with Gasteiger partial charge in [0.05, 0.1) is 13.2 Å². The molecule has 0 aliphatic carbocycles. The highest BCUT2D eigenvalue weighted by Gasteiger charge is 2.29. The van der Waals surface area contributed by atoms with Crippen LogP contribution in [0.2, 0.25) is 0 Å². The van der Waals surface area contributed by atoms with Crippen LogP contribution in [0.15, 0.2) is 0 Å². The number of thiocarbonyl (C=S) groups is 1. The maximum atomic E-state index is 12.2. The lowest BCUT2D eigenvalue weighted by molar-refractivity contribution is -0.127. The van der Waals surface area contributed by atoms with Gasteiger partial charge in [-0.3, -0.25) is 4.79 Å².